The summed E-state index contributed by atoms with van der Waals surface area (Å²) in [6.07, 6.45) is 5.80. The van der Waals surface area contributed by atoms with Gasteiger partial charge < -0.3 is 5.73 Å². The third-order valence-corrected chi connectivity index (χ3v) is 3.15. The Balaban J connectivity index is 2.27. The van der Waals surface area contributed by atoms with Crippen molar-refractivity contribution in [2.24, 2.45) is 5.73 Å². The SMILES string of the molecule is CC(C)c1nccnc1N(C=O)C1CC(N)C1. The molecule has 5 nitrogen and oxygen atoms in total. The molecule has 1 fully saturated rings. The van der Waals surface area contributed by atoms with Gasteiger partial charge in [-0.25, -0.2) is 4.98 Å². The number of anilines is 1. The summed E-state index contributed by atoms with van der Waals surface area (Å²) in [5, 5.41) is 0. The van der Waals surface area contributed by atoms with Crippen molar-refractivity contribution in [1.29, 1.82) is 0 Å². The number of carbonyl (C=O) groups excluding carboxylic acids is 1. The van der Waals surface area contributed by atoms with Crippen LogP contribution in [0.2, 0.25) is 0 Å². The number of amides is 1. The van der Waals surface area contributed by atoms with Gasteiger partial charge in [-0.2, -0.15) is 0 Å². The summed E-state index contributed by atoms with van der Waals surface area (Å²) in [5.41, 5.74) is 6.62. The number of carbonyl (C=O) groups is 1. The summed E-state index contributed by atoms with van der Waals surface area (Å²) >= 11 is 0. The third-order valence-electron chi connectivity index (χ3n) is 3.15. The Labute approximate surface area is 101 Å². The van der Waals surface area contributed by atoms with Crippen LogP contribution in [0.5, 0.6) is 0 Å². The minimum atomic E-state index is 0.177. The lowest BCUT2D eigenvalue weighted by atomic mass is 9.86. The summed E-state index contributed by atoms with van der Waals surface area (Å²) in [7, 11) is 0. The molecule has 0 saturated heterocycles. The molecule has 1 amide bonds. The van der Waals surface area contributed by atoms with E-state index in [1.807, 2.05) is 13.8 Å². The molecule has 1 saturated carbocycles. The largest absolute Gasteiger partial charge is 0.328 e. The Morgan fingerprint density at radius 2 is 2.06 bits per heavy atom. The van der Waals surface area contributed by atoms with E-state index in [2.05, 4.69) is 9.97 Å². The lowest BCUT2D eigenvalue weighted by Crippen LogP contribution is -2.51. The number of rotatable bonds is 4. The molecule has 17 heavy (non-hydrogen) atoms. The van der Waals surface area contributed by atoms with Gasteiger partial charge in [0, 0.05) is 24.5 Å². The van der Waals surface area contributed by atoms with E-state index in [4.69, 9.17) is 5.73 Å². The number of aromatic nitrogens is 2. The highest BCUT2D eigenvalue weighted by atomic mass is 16.1. The summed E-state index contributed by atoms with van der Waals surface area (Å²) in [4.78, 5) is 21.5. The van der Waals surface area contributed by atoms with E-state index in [0.717, 1.165) is 24.9 Å². The van der Waals surface area contributed by atoms with Crippen LogP contribution < -0.4 is 10.6 Å². The summed E-state index contributed by atoms with van der Waals surface area (Å²) in [6.45, 7) is 4.09. The second-order valence-electron chi connectivity index (χ2n) is 4.82. The van der Waals surface area contributed by atoms with Crippen LogP contribution in [0.3, 0.4) is 0 Å². The van der Waals surface area contributed by atoms with Crippen LogP contribution in [-0.2, 0) is 4.79 Å². The molecule has 1 aliphatic rings. The van der Waals surface area contributed by atoms with E-state index in [9.17, 15) is 4.79 Å². The maximum atomic E-state index is 11.2. The molecule has 2 rings (SSSR count). The highest BCUT2D eigenvalue weighted by Crippen LogP contribution is 2.30. The zero-order valence-corrected chi connectivity index (χ0v) is 10.2. The zero-order chi connectivity index (χ0) is 12.4. The molecule has 5 heteroatoms. The minimum Gasteiger partial charge on any atom is -0.328 e. The second kappa shape index (κ2) is 4.79. The van der Waals surface area contributed by atoms with Gasteiger partial charge in [0.1, 0.15) is 0 Å². The average molecular weight is 234 g/mol. The number of hydrogen-bond acceptors (Lipinski definition) is 4. The number of nitrogens with two attached hydrogens (primary N) is 1. The normalized spacial score (nSPS) is 23.3. The Morgan fingerprint density at radius 1 is 1.41 bits per heavy atom. The predicted molar refractivity (Wildman–Crippen MR) is 65.7 cm³/mol. The Morgan fingerprint density at radius 3 is 2.59 bits per heavy atom. The molecule has 1 aliphatic carbocycles. The van der Waals surface area contributed by atoms with Crippen molar-refractivity contribution >= 4 is 12.2 Å². The first-order chi connectivity index (χ1) is 8.13. The van der Waals surface area contributed by atoms with Crippen molar-refractivity contribution in [1.82, 2.24) is 9.97 Å². The van der Waals surface area contributed by atoms with Crippen molar-refractivity contribution in [3.05, 3.63) is 18.1 Å². The lowest BCUT2D eigenvalue weighted by Gasteiger charge is -2.39. The van der Waals surface area contributed by atoms with Crippen molar-refractivity contribution in [3.63, 3.8) is 0 Å². The topological polar surface area (TPSA) is 72.1 Å². The van der Waals surface area contributed by atoms with Crippen LogP contribution >= 0.6 is 0 Å². The number of nitrogens with zero attached hydrogens (tertiary/aromatic N) is 3. The highest BCUT2D eigenvalue weighted by Gasteiger charge is 2.33. The molecule has 0 radical (unpaired) electrons. The first-order valence-corrected chi connectivity index (χ1v) is 5.93. The van der Waals surface area contributed by atoms with Gasteiger partial charge in [0.05, 0.1) is 5.69 Å². The van der Waals surface area contributed by atoms with Gasteiger partial charge >= 0.3 is 0 Å². The van der Waals surface area contributed by atoms with E-state index >= 15 is 0 Å². The third kappa shape index (κ3) is 2.29. The maximum absolute atomic E-state index is 11.2. The van der Waals surface area contributed by atoms with E-state index in [-0.39, 0.29) is 18.0 Å². The maximum Gasteiger partial charge on any atom is 0.215 e. The zero-order valence-electron chi connectivity index (χ0n) is 10.2. The fourth-order valence-electron chi connectivity index (χ4n) is 2.11. The fraction of sp³-hybridized carbons (Fsp3) is 0.583. The van der Waals surface area contributed by atoms with Gasteiger partial charge in [0.2, 0.25) is 6.41 Å². The van der Waals surface area contributed by atoms with E-state index in [1.54, 1.807) is 17.3 Å². The molecular weight excluding hydrogens is 216 g/mol. The molecule has 0 aliphatic heterocycles. The minimum absolute atomic E-state index is 0.177. The van der Waals surface area contributed by atoms with Gasteiger partial charge in [-0.1, -0.05) is 13.8 Å². The highest BCUT2D eigenvalue weighted by molar-refractivity contribution is 5.75. The van der Waals surface area contributed by atoms with Crippen LogP contribution in [0.1, 0.15) is 38.3 Å². The van der Waals surface area contributed by atoms with E-state index < -0.39 is 0 Å². The molecule has 0 aromatic carbocycles. The predicted octanol–water partition coefficient (Wildman–Crippen LogP) is 1.05. The first kappa shape index (κ1) is 12.0. The molecule has 1 aromatic rings. The van der Waals surface area contributed by atoms with E-state index in [1.165, 1.54) is 0 Å². The van der Waals surface area contributed by atoms with Gasteiger partial charge in [0.15, 0.2) is 5.82 Å². The molecule has 1 aromatic heterocycles. The molecule has 2 N–H and O–H groups in total. The number of hydrogen-bond donors (Lipinski definition) is 1. The van der Waals surface area contributed by atoms with Crippen LogP contribution in [0.15, 0.2) is 12.4 Å². The quantitative estimate of drug-likeness (QED) is 0.790. The lowest BCUT2D eigenvalue weighted by molar-refractivity contribution is -0.108. The van der Waals surface area contributed by atoms with E-state index in [0.29, 0.717) is 5.82 Å². The van der Waals surface area contributed by atoms with Crippen LogP contribution in [0, 0.1) is 0 Å². The molecule has 1 heterocycles. The standard InChI is InChI=1S/C12H18N4O/c1-8(2)11-12(15-4-3-14-11)16(7-17)10-5-9(13)6-10/h3-4,7-10H,5-6,13H2,1-2H3. The van der Waals surface area contributed by atoms with Gasteiger partial charge in [-0.3, -0.25) is 14.7 Å². The summed E-state index contributed by atoms with van der Waals surface area (Å²) in [6, 6.07) is 0.387. The monoisotopic (exact) mass is 234 g/mol. The summed E-state index contributed by atoms with van der Waals surface area (Å²) in [5.74, 6) is 0.921. The Bertz CT molecular complexity index is 401. The molecule has 0 atom stereocenters. The molecule has 0 unspecified atom stereocenters. The van der Waals surface area contributed by atoms with Crippen molar-refractivity contribution in [2.45, 2.75) is 44.7 Å². The smallest absolute Gasteiger partial charge is 0.215 e. The second-order valence-corrected chi connectivity index (χ2v) is 4.82. The van der Waals surface area contributed by atoms with Crippen LogP contribution in [0.25, 0.3) is 0 Å². The van der Waals surface area contributed by atoms with Crippen molar-refractivity contribution < 1.29 is 4.79 Å². The Hall–Kier alpha value is -1.49. The van der Waals surface area contributed by atoms with Crippen molar-refractivity contribution in [2.75, 3.05) is 4.90 Å². The molecular formula is C12H18N4O. The average Bonchev–Trinajstić information content (AvgIpc) is 2.28. The van der Waals surface area contributed by atoms with Crippen LogP contribution in [-0.4, -0.2) is 28.5 Å². The van der Waals surface area contributed by atoms with Crippen molar-refractivity contribution in [3.8, 4) is 0 Å². The molecule has 0 bridgehead atoms. The van der Waals surface area contributed by atoms with Gasteiger partial charge in [-0.15, -0.1) is 0 Å². The Kier molecular flexibility index (Phi) is 3.38. The fourth-order valence-corrected chi connectivity index (χ4v) is 2.11. The van der Waals surface area contributed by atoms with Gasteiger partial charge in [0.25, 0.3) is 0 Å². The van der Waals surface area contributed by atoms with Gasteiger partial charge in [-0.05, 0) is 18.8 Å². The first-order valence-electron chi connectivity index (χ1n) is 5.93. The summed E-state index contributed by atoms with van der Waals surface area (Å²) < 4.78 is 0. The molecule has 92 valence electrons. The van der Waals surface area contributed by atoms with Crippen LogP contribution in [0.4, 0.5) is 5.82 Å². The molecule has 0 spiro atoms.